The van der Waals surface area contributed by atoms with E-state index in [0.29, 0.717) is 5.56 Å². The minimum Gasteiger partial charge on any atom is -0.472 e. The summed E-state index contributed by atoms with van der Waals surface area (Å²) in [6.45, 7) is 3.17. The Bertz CT molecular complexity index is 443. The smallest absolute Gasteiger partial charge is 0.254 e. The summed E-state index contributed by atoms with van der Waals surface area (Å²) >= 11 is 0. The van der Waals surface area contributed by atoms with Crippen LogP contribution in [0.1, 0.15) is 61.7 Å². The van der Waals surface area contributed by atoms with Gasteiger partial charge in [-0.1, -0.05) is 25.7 Å². The molecule has 1 saturated carbocycles. The average Bonchev–Trinajstić information content (AvgIpc) is 3.09. The number of nitrogens with one attached hydrogen (secondary N) is 1. The standard InChI is InChI=1S/C17H26N2O2/c20-16(15-7-12-21-13-15)18-14-17(8-3-1-4-9-17)19-10-5-2-6-11-19/h7,12-13H,1-6,8-11,14H2,(H,18,20). The van der Waals surface area contributed by atoms with Gasteiger partial charge in [0.25, 0.3) is 5.91 Å². The van der Waals surface area contributed by atoms with Crippen LogP contribution in [0.3, 0.4) is 0 Å². The number of carbonyl (C=O) groups is 1. The number of hydrogen-bond donors (Lipinski definition) is 1. The molecular weight excluding hydrogens is 264 g/mol. The van der Waals surface area contributed by atoms with Gasteiger partial charge in [-0.3, -0.25) is 9.69 Å². The fourth-order valence-electron chi connectivity index (χ4n) is 3.92. The second-order valence-corrected chi connectivity index (χ2v) is 6.53. The Balaban J connectivity index is 1.65. The summed E-state index contributed by atoms with van der Waals surface area (Å²) in [4.78, 5) is 14.8. The van der Waals surface area contributed by atoms with Gasteiger partial charge in [0.2, 0.25) is 0 Å². The fraction of sp³-hybridized carbons (Fsp3) is 0.706. The van der Waals surface area contributed by atoms with Gasteiger partial charge in [0.1, 0.15) is 6.26 Å². The molecule has 1 aliphatic carbocycles. The summed E-state index contributed by atoms with van der Waals surface area (Å²) in [6.07, 6.45) is 13.4. The van der Waals surface area contributed by atoms with E-state index in [0.717, 1.165) is 6.54 Å². The molecule has 0 spiro atoms. The van der Waals surface area contributed by atoms with Gasteiger partial charge in [-0.15, -0.1) is 0 Å². The molecule has 1 amide bonds. The minimum absolute atomic E-state index is 0.00860. The monoisotopic (exact) mass is 290 g/mol. The summed E-state index contributed by atoms with van der Waals surface area (Å²) in [6, 6.07) is 1.73. The van der Waals surface area contributed by atoms with E-state index < -0.39 is 0 Å². The molecule has 0 aromatic carbocycles. The highest BCUT2D eigenvalue weighted by Crippen LogP contribution is 2.35. The third kappa shape index (κ3) is 3.31. The van der Waals surface area contributed by atoms with Crippen molar-refractivity contribution in [3.05, 3.63) is 24.2 Å². The van der Waals surface area contributed by atoms with Crippen molar-refractivity contribution >= 4 is 5.91 Å². The molecule has 0 unspecified atom stereocenters. The maximum absolute atomic E-state index is 12.2. The van der Waals surface area contributed by atoms with Crippen LogP contribution in [0, 0.1) is 0 Å². The first-order chi connectivity index (χ1) is 10.3. The first kappa shape index (κ1) is 14.6. The number of hydrogen-bond acceptors (Lipinski definition) is 3. The normalized spacial score (nSPS) is 22.9. The van der Waals surface area contributed by atoms with Gasteiger partial charge >= 0.3 is 0 Å². The van der Waals surface area contributed by atoms with E-state index in [1.165, 1.54) is 70.7 Å². The van der Waals surface area contributed by atoms with Crippen LogP contribution in [-0.4, -0.2) is 36.0 Å². The highest BCUT2D eigenvalue weighted by atomic mass is 16.3. The summed E-state index contributed by atoms with van der Waals surface area (Å²) in [5, 5.41) is 3.15. The minimum atomic E-state index is -0.00860. The van der Waals surface area contributed by atoms with Crippen LogP contribution in [0.15, 0.2) is 23.0 Å². The molecule has 1 aromatic heterocycles. The molecule has 4 nitrogen and oxygen atoms in total. The van der Waals surface area contributed by atoms with Crippen molar-refractivity contribution < 1.29 is 9.21 Å². The summed E-state index contributed by atoms with van der Waals surface area (Å²) in [5.74, 6) is -0.00860. The summed E-state index contributed by atoms with van der Waals surface area (Å²) < 4.78 is 5.00. The number of amides is 1. The van der Waals surface area contributed by atoms with Crippen molar-refractivity contribution in [3.63, 3.8) is 0 Å². The average molecular weight is 290 g/mol. The predicted molar refractivity (Wildman–Crippen MR) is 82.3 cm³/mol. The molecule has 0 atom stereocenters. The Labute approximate surface area is 126 Å². The van der Waals surface area contributed by atoms with Crippen LogP contribution in [0.25, 0.3) is 0 Å². The zero-order valence-electron chi connectivity index (χ0n) is 12.8. The number of rotatable bonds is 4. The largest absolute Gasteiger partial charge is 0.472 e. The zero-order chi connectivity index (χ0) is 14.5. The van der Waals surface area contributed by atoms with E-state index in [9.17, 15) is 4.79 Å². The Kier molecular flexibility index (Phi) is 4.63. The lowest BCUT2D eigenvalue weighted by atomic mass is 9.79. The van der Waals surface area contributed by atoms with E-state index in [-0.39, 0.29) is 11.4 Å². The summed E-state index contributed by atoms with van der Waals surface area (Å²) in [5.41, 5.74) is 0.817. The topological polar surface area (TPSA) is 45.5 Å². The Morgan fingerprint density at radius 2 is 1.86 bits per heavy atom. The summed E-state index contributed by atoms with van der Waals surface area (Å²) in [7, 11) is 0. The fourth-order valence-corrected chi connectivity index (χ4v) is 3.92. The molecular formula is C17H26N2O2. The van der Waals surface area contributed by atoms with Gasteiger partial charge in [-0.25, -0.2) is 0 Å². The van der Waals surface area contributed by atoms with Crippen LogP contribution in [-0.2, 0) is 0 Å². The van der Waals surface area contributed by atoms with E-state index in [1.807, 2.05) is 0 Å². The van der Waals surface area contributed by atoms with Gasteiger partial charge < -0.3 is 9.73 Å². The highest BCUT2D eigenvalue weighted by molar-refractivity contribution is 5.93. The Morgan fingerprint density at radius 1 is 1.14 bits per heavy atom. The van der Waals surface area contributed by atoms with Crippen molar-refractivity contribution in [2.45, 2.75) is 56.9 Å². The van der Waals surface area contributed by atoms with Crippen molar-refractivity contribution in [1.29, 1.82) is 0 Å². The van der Waals surface area contributed by atoms with Crippen molar-refractivity contribution in [3.8, 4) is 0 Å². The Hall–Kier alpha value is -1.29. The first-order valence-electron chi connectivity index (χ1n) is 8.36. The van der Waals surface area contributed by atoms with Gasteiger partial charge in [-0.05, 0) is 44.8 Å². The molecule has 21 heavy (non-hydrogen) atoms. The van der Waals surface area contributed by atoms with Crippen molar-refractivity contribution in [1.82, 2.24) is 10.2 Å². The maximum Gasteiger partial charge on any atom is 0.254 e. The van der Waals surface area contributed by atoms with E-state index in [2.05, 4.69) is 10.2 Å². The van der Waals surface area contributed by atoms with Crippen LogP contribution >= 0.6 is 0 Å². The lowest BCUT2D eigenvalue weighted by Gasteiger charge is -2.48. The first-order valence-corrected chi connectivity index (χ1v) is 8.36. The van der Waals surface area contributed by atoms with Gasteiger partial charge in [0.15, 0.2) is 0 Å². The van der Waals surface area contributed by atoms with Crippen LogP contribution in [0.5, 0.6) is 0 Å². The SMILES string of the molecule is O=C(NCC1(N2CCCCC2)CCCCC1)c1ccoc1. The molecule has 0 radical (unpaired) electrons. The molecule has 0 bridgehead atoms. The number of likely N-dealkylation sites (tertiary alicyclic amines) is 1. The molecule has 2 heterocycles. The highest BCUT2D eigenvalue weighted by Gasteiger charge is 2.38. The molecule has 1 saturated heterocycles. The van der Waals surface area contributed by atoms with Crippen LogP contribution in [0.4, 0.5) is 0 Å². The van der Waals surface area contributed by atoms with E-state index >= 15 is 0 Å². The second kappa shape index (κ2) is 6.65. The second-order valence-electron chi connectivity index (χ2n) is 6.53. The third-order valence-electron chi connectivity index (χ3n) is 5.17. The number of carbonyl (C=O) groups excluding carboxylic acids is 1. The number of nitrogens with zero attached hydrogens (tertiary/aromatic N) is 1. The maximum atomic E-state index is 12.2. The Morgan fingerprint density at radius 3 is 2.52 bits per heavy atom. The lowest BCUT2D eigenvalue weighted by Crippen LogP contribution is -2.58. The number of furan rings is 1. The lowest BCUT2D eigenvalue weighted by molar-refractivity contribution is 0.0326. The van der Waals surface area contributed by atoms with E-state index in [1.54, 1.807) is 12.3 Å². The number of piperidine rings is 1. The van der Waals surface area contributed by atoms with Crippen molar-refractivity contribution in [2.75, 3.05) is 19.6 Å². The van der Waals surface area contributed by atoms with E-state index in [4.69, 9.17) is 4.42 Å². The van der Waals surface area contributed by atoms with Gasteiger partial charge in [0, 0.05) is 12.1 Å². The molecule has 2 aliphatic rings. The van der Waals surface area contributed by atoms with Crippen LogP contribution in [0.2, 0.25) is 0 Å². The van der Waals surface area contributed by atoms with Crippen LogP contribution < -0.4 is 5.32 Å². The molecule has 4 heteroatoms. The quantitative estimate of drug-likeness (QED) is 0.926. The molecule has 3 rings (SSSR count). The third-order valence-corrected chi connectivity index (χ3v) is 5.17. The van der Waals surface area contributed by atoms with Gasteiger partial charge in [0.05, 0.1) is 11.8 Å². The van der Waals surface area contributed by atoms with Gasteiger partial charge in [-0.2, -0.15) is 0 Å². The van der Waals surface area contributed by atoms with Crippen molar-refractivity contribution in [2.24, 2.45) is 0 Å². The molecule has 1 aliphatic heterocycles. The molecule has 1 N–H and O–H groups in total. The molecule has 1 aromatic rings. The molecule has 2 fully saturated rings. The molecule has 116 valence electrons. The zero-order valence-corrected chi connectivity index (χ0v) is 12.8. The predicted octanol–water partition coefficient (Wildman–Crippen LogP) is 3.20.